The predicted octanol–water partition coefficient (Wildman–Crippen LogP) is 3.65. The summed E-state index contributed by atoms with van der Waals surface area (Å²) >= 11 is 0. The van der Waals surface area contributed by atoms with Crippen LogP contribution in [0.25, 0.3) is 10.8 Å². The van der Waals surface area contributed by atoms with E-state index in [0.717, 1.165) is 21.9 Å². The van der Waals surface area contributed by atoms with E-state index in [9.17, 15) is 4.79 Å². The zero-order chi connectivity index (χ0) is 14.7. The van der Waals surface area contributed by atoms with E-state index in [4.69, 9.17) is 5.73 Å². The summed E-state index contributed by atoms with van der Waals surface area (Å²) in [5.74, 6) is -0.589. The number of hydrogen-bond donors (Lipinski definition) is 1. The number of carbonyl (C=O) groups excluding carboxylic acids is 1. The fourth-order valence-corrected chi connectivity index (χ4v) is 2.77. The minimum absolute atomic E-state index is 0.282. The highest BCUT2D eigenvalue weighted by Crippen LogP contribution is 2.28. The minimum Gasteiger partial charge on any atom is -0.369 e. The third kappa shape index (κ3) is 2.79. The summed E-state index contributed by atoms with van der Waals surface area (Å²) in [5, 5.41) is 2.23. The van der Waals surface area contributed by atoms with Crippen LogP contribution in [0.5, 0.6) is 0 Å². The second kappa shape index (κ2) is 5.80. The van der Waals surface area contributed by atoms with Gasteiger partial charge in [0.15, 0.2) is 0 Å². The fourth-order valence-electron chi connectivity index (χ4n) is 2.77. The number of amides is 1. The number of hydrogen-bond acceptors (Lipinski definition) is 1. The first-order valence-electron chi connectivity index (χ1n) is 7.06. The van der Waals surface area contributed by atoms with Gasteiger partial charge in [0.2, 0.25) is 5.91 Å². The van der Waals surface area contributed by atoms with Crippen molar-refractivity contribution in [2.45, 2.75) is 12.3 Å². The maximum atomic E-state index is 12.0. The van der Waals surface area contributed by atoms with Gasteiger partial charge < -0.3 is 5.73 Å². The summed E-state index contributed by atoms with van der Waals surface area (Å²) in [4.78, 5) is 12.0. The second-order valence-electron chi connectivity index (χ2n) is 5.21. The topological polar surface area (TPSA) is 43.1 Å². The molecule has 0 aliphatic rings. The highest BCUT2D eigenvalue weighted by Gasteiger charge is 2.20. The van der Waals surface area contributed by atoms with Gasteiger partial charge in [-0.15, -0.1) is 0 Å². The molecule has 0 aromatic heterocycles. The average Bonchev–Trinajstić information content (AvgIpc) is 2.53. The molecular weight excluding hydrogens is 258 g/mol. The standard InChI is InChI=1S/C19H17NO/c20-19(21)18(13-14-7-2-1-3-8-14)17-12-6-10-15-9-4-5-11-16(15)17/h1-12,18H,13H2,(H2,20,21). The van der Waals surface area contributed by atoms with E-state index in [1.165, 1.54) is 0 Å². The van der Waals surface area contributed by atoms with Gasteiger partial charge in [-0.2, -0.15) is 0 Å². The van der Waals surface area contributed by atoms with E-state index in [2.05, 4.69) is 12.1 Å². The molecule has 1 atom stereocenters. The Morgan fingerprint density at radius 3 is 2.29 bits per heavy atom. The highest BCUT2D eigenvalue weighted by atomic mass is 16.1. The van der Waals surface area contributed by atoms with Crippen LogP contribution >= 0.6 is 0 Å². The van der Waals surface area contributed by atoms with Gasteiger partial charge >= 0.3 is 0 Å². The second-order valence-corrected chi connectivity index (χ2v) is 5.21. The zero-order valence-corrected chi connectivity index (χ0v) is 11.7. The molecule has 0 saturated heterocycles. The van der Waals surface area contributed by atoms with Crippen molar-refractivity contribution in [3.63, 3.8) is 0 Å². The van der Waals surface area contributed by atoms with Crippen molar-refractivity contribution in [2.24, 2.45) is 5.73 Å². The van der Waals surface area contributed by atoms with Gasteiger partial charge in [0.05, 0.1) is 5.92 Å². The lowest BCUT2D eigenvalue weighted by Crippen LogP contribution is -2.23. The van der Waals surface area contributed by atoms with Crippen molar-refractivity contribution < 1.29 is 4.79 Å². The Balaban J connectivity index is 2.06. The van der Waals surface area contributed by atoms with E-state index in [1.54, 1.807) is 0 Å². The van der Waals surface area contributed by atoms with Crippen LogP contribution in [0.4, 0.5) is 0 Å². The van der Waals surface area contributed by atoms with Gasteiger partial charge in [-0.05, 0) is 28.3 Å². The van der Waals surface area contributed by atoms with E-state index >= 15 is 0 Å². The van der Waals surface area contributed by atoms with Crippen LogP contribution in [0.2, 0.25) is 0 Å². The molecule has 2 heteroatoms. The normalized spacial score (nSPS) is 12.2. The molecule has 104 valence electrons. The Kier molecular flexibility index (Phi) is 3.69. The van der Waals surface area contributed by atoms with Crippen molar-refractivity contribution in [2.75, 3.05) is 0 Å². The summed E-state index contributed by atoms with van der Waals surface area (Å²) < 4.78 is 0. The van der Waals surface area contributed by atoms with E-state index in [1.807, 2.05) is 60.7 Å². The average molecular weight is 275 g/mol. The molecule has 0 saturated carbocycles. The number of nitrogens with two attached hydrogens (primary N) is 1. The smallest absolute Gasteiger partial charge is 0.225 e. The quantitative estimate of drug-likeness (QED) is 0.776. The van der Waals surface area contributed by atoms with E-state index in [-0.39, 0.29) is 11.8 Å². The summed E-state index contributed by atoms with van der Waals surface area (Å²) in [7, 11) is 0. The van der Waals surface area contributed by atoms with Gasteiger partial charge in [-0.1, -0.05) is 72.8 Å². The van der Waals surface area contributed by atoms with E-state index < -0.39 is 0 Å². The lowest BCUT2D eigenvalue weighted by atomic mass is 9.88. The summed E-state index contributed by atoms with van der Waals surface area (Å²) in [6.07, 6.45) is 0.629. The molecule has 0 aliphatic heterocycles. The first kappa shape index (κ1) is 13.4. The molecule has 0 spiro atoms. The molecule has 0 aliphatic carbocycles. The molecule has 3 aromatic carbocycles. The Bertz CT molecular complexity index is 759. The molecule has 2 nitrogen and oxygen atoms in total. The minimum atomic E-state index is -0.307. The molecule has 0 bridgehead atoms. The first-order valence-corrected chi connectivity index (χ1v) is 7.06. The van der Waals surface area contributed by atoms with Crippen LogP contribution < -0.4 is 5.73 Å². The lowest BCUT2D eigenvalue weighted by molar-refractivity contribution is -0.119. The van der Waals surface area contributed by atoms with E-state index in [0.29, 0.717) is 6.42 Å². The number of fused-ring (bicyclic) bond motifs is 1. The summed E-state index contributed by atoms with van der Waals surface area (Å²) in [6.45, 7) is 0. The molecule has 21 heavy (non-hydrogen) atoms. The molecule has 3 rings (SSSR count). The largest absolute Gasteiger partial charge is 0.369 e. The lowest BCUT2D eigenvalue weighted by Gasteiger charge is -2.16. The van der Waals surface area contributed by atoms with Crippen molar-refractivity contribution in [1.29, 1.82) is 0 Å². The van der Waals surface area contributed by atoms with Gasteiger partial charge in [-0.25, -0.2) is 0 Å². The first-order chi connectivity index (χ1) is 10.3. The zero-order valence-electron chi connectivity index (χ0n) is 11.7. The van der Waals surface area contributed by atoms with Crippen molar-refractivity contribution >= 4 is 16.7 Å². The third-order valence-electron chi connectivity index (χ3n) is 3.82. The molecule has 0 fully saturated rings. The number of primary amides is 1. The van der Waals surface area contributed by atoms with Crippen LogP contribution in [-0.2, 0) is 11.2 Å². The molecule has 1 unspecified atom stereocenters. The van der Waals surface area contributed by atoms with Gasteiger partial charge in [0, 0.05) is 0 Å². The Hall–Kier alpha value is -2.61. The summed E-state index contributed by atoms with van der Waals surface area (Å²) in [5.41, 5.74) is 7.79. The molecule has 0 radical (unpaired) electrons. The van der Waals surface area contributed by atoms with Crippen molar-refractivity contribution in [1.82, 2.24) is 0 Å². The Morgan fingerprint density at radius 2 is 1.52 bits per heavy atom. The third-order valence-corrected chi connectivity index (χ3v) is 3.82. The van der Waals surface area contributed by atoms with Crippen LogP contribution in [0, 0.1) is 0 Å². The molecular formula is C19H17NO. The van der Waals surface area contributed by atoms with Crippen LogP contribution in [-0.4, -0.2) is 5.91 Å². The maximum Gasteiger partial charge on any atom is 0.225 e. The van der Waals surface area contributed by atoms with Crippen LogP contribution in [0.3, 0.4) is 0 Å². The molecule has 3 aromatic rings. The fraction of sp³-hybridized carbons (Fsp3) is 0.105. The van der Waals surface area contributed by atoms with Crippen molar-refractivity contribution in [3.05, 3.63) is 83.9 Å². The van der Waals surface area contributed by atoms with Gasteiger partial charge in [-0.3, -0.25) is 4.79 Å². The molecule has 1 amide bonds. The molecule has 2 N–H and O–H groups in total. The predicted molar refractivity (Wildman–Crippen MR) is 86.0 cm³/mol. The van der Waals surface area contributed by atoms with Crippen LogP contribution in [0.15, 0.2) is 72.8 Å². The van der Waals surface area contributed by atoms with Gasteiger partial charge in [0.25, 0.3) is 0 Å². The highest BCUT2D eigenvalue weighted by molar-refractivity contribution is 5.92. The van der Waals surface area contributed by atoms with Gasteiger partial charge in [0.1, 0.15) is 0 Å². The SMILES string of the molecule is NC(=O)C(Cc1ccccc1)c1cccc2ccccc12. The number of benzene rings is 3. The number of carbonyl (C=O) groups is 1. The summed E-state index contributed by atoms with van der Waals surface area (Å²) in [6, 6.07) is 24.1. The Morgan fingerprint density at radius 1 is 0.857 bits per heavy atom. The van der Waals surface area contributed by atoms with Crippen molar-refractivity contribution in [3.8, 4) is 0 Å². The molecule has 0 heterocycles. The van der Waals surface area contributed by atoms with Crippen LogP contribution in [0.1, 0.15) is 17.0 Å². The monoisotopic (exact) mass is 275 g/mol. The Labute approximate surface area is 124 Å². The maximum absolute atomic E-state index is 12.0. The number of rotatable bonds is 4.